The summed E-state index contributed by atoms with van der Waals surface area (Å²) in [7, 11) is 2.84. The molecule has 0 saturated carbocycles. The van der Waals surface area contributed by atoms with Crippen molar-refractivity contribution in [2.45, 2.75) is 6.42 Å². The number of amides is 2. The minimum atomic E-state index is -0.541. The molecule has 8 nitrogen and oxygen atoms in total. The molecule has 20 heavy (non-hydrogen) atoms. The molecule has 108 valence electrons. The quantitative estimate of drug-likeness (QED) is 0.612. The normalized spacial score (nSPS) is 9.90. The first-order chi connectivity index (χ1) is 9.45. The van der Waals surface area contributed by atoms with Crippen LogP contribution in [0.2, 0.25) is 0 Å². The first-order valence-corrected chi connectivity index (χ1v) is 5.79. The van der Waals surface area contributed by atoms with Crippen molar-refractivity contribution in [2.24, 2.45) is 0 Å². The number of hydroxylamine groups is 2. The third kappa shape index (κ3) is 4.32. The average Bonchev–Trinajstić information content (AvgIpc) is 2.46. The second-order valence-corrected chi connectivity index (χ2v) is 3.88. The predicted octanol–water partition coefficient (Wildman–Crippen LogP) is 0.734. The summed E-state index contributed by atoms with van der Waals surface area (Å²) >= 11 is 0. The van der Waals surface area contributed by atoms with Gasteiger partial charge in [0.05, 0.1) is 12.0 Å². The van der Waals surface area contributed by atoms with Gasteiger partial charge in [0, 0.05) is 37.7 Å². The van der Waals surface area contributed by atoms with Crippen molar-refractivity contribution >= 4 is 17.5 Å². The number of non-ortho nitro benzene ring substituents is 1. The summed E-state index contributed by atoms with van der Waals surface area (Å²) in [6.45, 7) is 0.155. The predicted molar refractivity (Wildman–Crippen MR) is 69.8 cm³/mol. The van der Waals surface area contributed by atoms with Gasteiger partial charge in [0.1, 0.15) is 0 Å². The average molecular weight is 281 g/mol. The van der Waals surface area contributed by atoms with Gasteiger partial charge in [0.15, 0.2) is 0 Å². The first-order valence-electron chi connectivity index (χ1n) is 5.79. The van der Waals surface area contributed by atoms with E-state index in [9.17, 15) is 19.7 Å². The second kappa shape index (κ2) is 7.19. The summed E-state index contributed by atoms with van der Waals surface area (Å²) in [5.74, 6) is -0.663. The largest absolute Gasteiger partial charge is 0.352 e. The van der Waals surface area contributed by atoms with Crippen LogP contribution in [0.15, 0.2) is 24.3 Å². The Kier molecular flexibility index (Phi) is 5.60. The van der Waals surface area contributed by atoms with Crippen molar-refractivity contribution in [3.8, 4) is 0 Å². The van der Waals surface area contributed by atoms with Gasteiger partial charge in [-0.1, -0.05) is 0 Å². The molecule has 0 aliphatic carbocycles. The van der Waals surface area contributed by atoms with Gasteiger partial charge in [-0.15, -0.1) is 0 Å². The topological polar surface area (TPSA) is 102 Å². The van der Waals surface area contributed by atoms with E-state index in [4.69, 9.17) is 4.84 Å². The highest BCUT2D eigenvalue weighted by Crippen LogP contribution is 2.11. The highest BCUT2D eigenvalue weighted by Gasteiger charge is 2.11. The lowest BCUT2D eigenvalue weighted by Gasteiger charge is -2.13. The zero-order valence-electron chi connectivity index (χ0n) is 11.2. The maximum absolute atomic E-state index is 11.7. The van der Waals surface area contributed by atoms with Crippen LogP contribution in [0, 0.1) is 10.1 Å². The highest BCUT2D eigenvalue weighted by atomic mass is 16.7. The zero-order chi connectivity index (χ0) is 15.1. The number of nitro groups is 1. The van der Waals surface area contributed by atoms with E-state index in [-0.39, 0.29) is 24.6 Å². The number of nitrogens with zero attached hydrogens (tertiary/aromatic N) is 2. The van der Waals surface area contributed by atoms with Crippen LogP contribution in [0.4, 0.5) is 5.69 Å². The molecule has 1 N–H and O–H groups in total. The van der Waals surface area contributed by atoms with Gasteiger partial charge >= 0.3 is 0 Å². The van der Waals surface area contributed by atoms with E-state index < -0.39 is 10.8 Å². The molecular weight excluding hydrogens is 266 g/mol. The molecule has 0 aromatic heterocycles. The molecule has 0 bridgehead atoms. The number of rotatable bonds is 6. The molecule has 0 saturated heterocycles. The Morgan fingerprint density at radius 2 is 1.95 bits per heavy atom. The van der Waals surface area contributed by atoms with Crippen LogP contribution in [0.25, 0.3) is 0 Å². The number of carbonyl (C=O) groups excluding carboxylic acids is 2. The van der Waals surface area contributed by atoms with Crippen molar-refractivity contribution in [3.63, 3.8) is 0 Å². The Morgan fingerprint density at radius 1 is 1.35 bits per heavy atom. The van der Waals surface area contributed by atoms with Gasteiger partial charge in [-0.3, -0.25) is 24.5 Å². The van der Waals surface area contributed by atoms with E-state index >= 15 is 0 Å². The summed E-state index contributed by atoms with van der Waals surface area (Å²) in [6.07, 6.45) is 0.100. The third-order valence-electron chi connectivity index (χ3n) is 2.59. The standard InChI is InChI=1S/C12H15N3O5/c1-14(20-2)11(16)7-8-13-12(17)9-3-5-10(6-4-9)15(18)19/h3-6H,7-8H2,1-2H3,(H,13,17). The molecule has 0 aliphatic rings. The van der Waals surface area contributed by atoms with Crippen LogP contribution in [-0.2, 0) is 9.63 Å². The summed E-state index contributed by atoms with van der Waals surface area (Å²) in [5.41, 5.74) is 0.210. The summed E-state index contributed by atoms with van der Waals surface area (Å²) in [5, 5.41) is 14.1. The van der Waals surface area contributed by atoms with E-state index in [1.807, 2.05) is 0 Å². The smallest absolute Gasteiger partial charge is 0.269 e. The number of hydrogen-bond donors (Lipinski definition) is 1. The molecule has 2 amide bonds. The van der Waals surface area contributed by atoms with Crippen molar-refractivity contribution in [3.05, 3.63) is 39.9 Å². The lowest BCUT2D eigenvalue weighted by atomic mass is 10.2. The van der Waals surface area contributed by atoms with Crippen molar-refractivity contribution in [1.82, 2.24) is 10.4 Å². The maximum Gasteiger partial charge on any atom is 0.269 e. The molecule has 0 unspecified atom stereocenters. The Bertz CT molecular complexity index is 500. The van der Waals surface area contributed by atoms with Gasteiger partial charge < -0.3 is 5.32 Å². The first kappa shape index (κ1) is 15.6. The Hall–Kier alpha value is -2.48. The Labute approximate surface area is 115 Å². The molecule has 0 atom stereocenters. The fourth-order valence-corrected chi connectivity index (χ4v) is 1.38. The van der Waals surface area contributed by atoms with Crippen LogP contribution in [0.1, 0.15) is 16.8 Å². The van der Waals surface area contributed by atoms with Gasteiger partial charge in [0.2, 0.25) is 5.91 Å². The molecule has 0 spiro atoms. The van der Waals surface area contributed by atoms with E-state index in [1.165, 1.54) is 38.4 Å². The number of carbonyl (C=O) groups is 2. The molecule has 0 heterocycles. The third-order valence-corrected chi connectivity index (χ3v) is 2.59. The minimum absolute atomic E-state index is 0.0848. The number of nitrogens with one attached hydrogen (secondary N) is 1. The van der Waals surface area contributed by atoms with Gasteiger partial charge in [0.25, 0.3) is 11.6 Å². The maximum atomic E-state index is 11.7. The van der Waals surface area contributed by atoms with E-state index in [0.717, 1.165) is 5.06 Å². The fourth-order valence-electron chi connectivity index (χ4n) is 1.38. The Balaban J connectivity index is 2.47. The zero-order valence-corrected chi connectivity index (χ0v) is 11.2. The number of benzene rings is 1. The second-order valence-electron chi connectivity index (χ2n) is 3.88. The molecule has 0 fully saturated rings. The SMILES string of the molecule is CON(C)C(=O)CCNC(=O)c1ccc([N+](=O)[O-])cc1. The van der Waals surface area contributed by atoms with Crippen LogP contribution < -0.4 is 5.32 Å². The van der Waals surface area contributed by atoms with Crippen molar-refractivity contribution < 1.29 is 19.3 Å². The van der Waals surface area contributed by atoms with Crippen LogP contribution in [0.5, 0.6) is 0 Å². The molecule has 0 radical (unpaired) electrons. The molecule has 0 aliphatic heterocycles. The summed E-state index contributed by atoms with van der Waals surface area (Å²) in [6, 6.07) is 5.21. The van der Waals surface area contributed by atoms with E-state index in [0.29, 0.717) is 5.56 Å². The monoisotopic (exact) mass is 281 g/mol. The van der Waals surface area contributed by atoms with E-state index in [1.54, 1.807) is 0 Å². The van der Waals surface area contributed by atoms with Crippen LogP contribution >= 0.6 is 0 Å². The fraction of sp³-hybridized carbons (Fsp3) is 0.333. The highest BCUT2D eigenvalue weighted by molar-refractivity contribution is 5.94. The lowest BCUT2D eigenvalue weighted by molar-refractivity contribution is -0.384. The lowest BCUT2D eigenvalue weighted by Crippen LogP contribution is -2.31. The Morgan fingerprint density at radius 3 is 2.45 bits per heavy atom. The molecule has 8 heteroatoms. The van der Waals surface area contributed by atoms with Crippen LogP contribution in [-0.4, -0.2) is 42.5 Å². The van der Waals surface area contributed by atoms with E-state index in [2.05, 4.69) is 5.32 Å². The molecule has 1 aromatic rings. The van der Waals surface area contributed by atoms with Crippen molar-refractivity contribution in [1.29, 1.82) is 0 Å². The molecule has 1 aromatic carbocycles. The minimum Gasteiger partial charge on any atom is -0.352 e. The van der Waals surface area contributed by atoms with Crippen molar-refractivity contribution in [2.75, 3.05) is 20.7 Å². The van der Waals surface area contributed by atoms with Gasteiger partial charge in [-0.25, -0.2) is 5.06 Å². The summed E-state index contributed by atoms with van der Waals surface area (Å²) < 4.78 is 0. The number of hydrogen-bond acceptors (Lipinski definition) is 5. The van der Waals surface area contributed by atoms with Crippen LogP contribution in [0.3, 0.4) is 0 Å². The van der Waals surface area contributed by atoms with Gasteiger partial charge in [-0.05, 0) is 12.1 Å². The summed E-state index contributed by atoms with van der Waals surface area (Å²) in [4.78, 5) is 37.7. The molecule has 1 rings (SSSR count). The number of nitro benzene ring substituents is 1. The molecular formula is C12H15N3O5. The van der Waals surface area contributed by atoms with Gasteiger partial charge in [-0.2, -0.15) is 0 Å².